The van der Waals surface area contributed by atoms with Crippen LogP contribution in [0.3, 0.4) is 0 Å². The second kappa shape index (κ2) is 4.87. The van der Waals surface area contributed by atoms with E-state index >= 15 is 0 Å². The molecule has 19 heavy (non-hydrogen) atoms. The monoisotopic (exact) mass is 320 g/mol. The lowest BCUT2D eigenvalue weighted by Gasteiger charge is -2.04. The molecule has 1 aliphatic rings. The summed E-state index contributed by atoms with van der Waals surface area (Å²) in [7, 11) is 0. The van der Waals surface area contributed by atoms with Gasteiger partial charge in [-0.05, 0) is 51.3 Å². The quantitative estimate of drug-likeness (QED) is 0.786. The van der Waals surface area contributed by atoms with Crippen LogP contribution in [0, 0.1) is 5.82 Å². The number of hydrogen-bond donors (Lipinski definition) is 0. The smallest absolute Gasteiger partial charge is 0.193 e. The molecule has 0 aliphatic carbocycles. The lowest BCUT2D eigenvalue weighted by Crippen LogP contribution is -2.02. The van der Waals surface area contributed by atoms with Gasteiger partial charge in [0.05, 0.1) is 17.7 Å². The number of carbonyl (C=O) groups is 1. The minimum Gasteiger partial charge on any atom is -0.372 e. The van der Waals surface area contributed by atoms with Crippen molar-refractivity contribution in [3.63, 3.8) is 0 Å². The third-order valence-corrected chi connectivity index (χ3v) is 3.77. The van der Waals surface area contributed by atoms with Gasteiger partial charge in [0.15, 0.2) is 5.78 Å². The number of benzene rings is 2. The summed E-state index contributed by atoms with van der Waals surface area (Å²) < 4.78 is 18.8. The van der Waals surface area contributed by atoms with Gasteiger partial charge in [0.1, 0.15) is 5.82 Å². The van der Waals surface area contributed by atoms with Gasteiger partial charge in [0.25, 0.3) is 0 Å². The number of hydrogen-bond acceptors (Lipinski definition) is 2. The van der Waals surface area contributed by atoms with Gasteiger partial charge in [-0.25, -0.2) is 4.39 Å². The molecular weight excluding hydrogens is 311 g/mol. The summed E-state index contributed by atoms with van der Waals surface area (Å²) in [6.45, 7) is 1.15. The van der Waals surface area contributed by atoms with Gasteiger partial charge in [-0.2, -0.15) is 0 Å². The maximum atomic E-state index is 13.2. The first-order chi connectivity index (χ1) is 9.15. The summed E-state index contributed by atoms with van der Waals surface area (Å²) in [6.07, 6.45) is 0. The molecule has 0 aromatic heterocycles. The summed E-state index contributed by atoms with van der Waals surface area (Å²) in [5, 5.41) is 0. The highest BCUT2D eigenvalue weighted by molar-refractivity contribution is 9.10. The van der Waals surface area contributed by atoms with Crippen molar-refractivity contribution in [2.75, 3.05) is 0 Å². The van der Waals surface area contributed by atoms with E-state index in [-0.39, 0.29) is 11.6 Å². The van der Waals surface area contributed by atoms with Crippen LogP contribution in [0.5, 0.6) is 0 Å². The number of ketones is 1. The Morgan fingerprint density at radius 3 is 2.53 bits per heavy atom. The SMILES string of the molecule is O=C(c1ccc(F)c(Br)c1)c1ccc2c(c1)COC2. The third-order valence-electron chi connectivity index (χ3n) is 3.17. The van der Waals surface area contributed by atoms with E-state index in [2.05, 4.69) is 15.9 Å². The van der Waals surface area contributed by atoms with Gasteiger partial charge in [0.2, 0.25) is 0 Å². The largest absolute Gasteiger partial charge is 0.372 e. The van der Waals surface area contributed by atoms with E-state index in [1.165, 1.54) is 18.2 Å². The number of fused-ring (bicyclic) bond motifs is 1. The zero-order chi connectivity index (χ0) is 13.4. The molecule has 0 unspecified atom stereocenters. The Labute approximate surface area is 118 Å². The van der Waals surface area contributed by atoms with E-state index in [4.69, 9.17) is 4.74 Å². The summed E-state index contributed by atoms with van der Waals surface area (Å²) in [6, 6.07) is 9.82. The van der Waals surface area contributed by atoms with E-state index in [9.17, 15) is 9.18 Å². The Morgan fingerprint density at radius 2 is 1.74 bits per heavy atom. The Kier molecular flexibility index (Phi) is 3.21. The highest BCUT2D eigenvalue weighted by Gasteiger charge is 2.16. The predicted octanol–water partition coefficient (Wildman–Crippen LogP) is 3.85. The number of rotatable bonds is 2. The number of ether oxygens (including phenoxy) is 1. The molecule has 1 heterocycles. The van der Waals surface area contributed by atoms with Crippen molar-refractivity contribution < 1.29 is 13.9 Å². The lowest BCUT2D eigenvalue weighted by molar-refractivity contribution is 0.103. The highest BCUT2D eigenvalue weighted by atomic mass is 79.9. The van der Waals surface area contributed by atoms with Crippen LogP contribution in [0.4, 0.5) is 4.39 Å². The highest BCUT2D eigenvalue weighted by Crippen LogP contribution is 2.23. The van der Waals surface area contributed by atoms with E-state index in [1.54, 1.807) is 6.07 Å². The molecular formula is C15H10BrFO2. The molecule has 0 spiro atoms. The molecule has 1 aliphatic heterocycles. The number of halogens is 2. The Balaban J connectivity index is 1.97. The van der Waals surface area contributed by atoms with Gasteiger partial charge in [0, 0.05) is 11.1 Å². The summed E-state index contributed by atoms with van der Waals surface area (Å²) in [5.41, 5.74) is 3.23. The Bertz CT molecular complexity index is 667. The van der Waals surface area contributed by atoms with Gasteiger partial charge < -0.3 is 4.74 Å². The molecule has 0 radical (unpaired) electrons. The molecule has 0 amide bonds. The van der Waals surface area contributed by atoms with Crippen molar-refractivity contribution in [2.24, 2.45) is 0 Å². The lowest BCUT2D eigenvalue weighted by atomic mass is 9.99. The third kappa shape index (κ3) is 2.33. The van der Waals surface area contributed by atoms with Crippen LogP contribution in [0.1, 0.15) is 27.0 Å². The van der Waals surface area contributed by atoms with Crippen molar-refractivity contribution in [2.45, 2.75) is 13.2 Å². The van der Waals surface area contributed by atoms with Gasteiger partial charge in [-0.3, -0.25) is 4.79 Å². The zero-order valence-electron chi connectivity index (χ0n) is 9.95. The zero-order valence-corrected chi connectivity index (χ0v) is 11.5. The first kappa shape index (κ1) is 12.5. The normalized spacial score (nSPS) is 13.4. The van der Waals surface area contributed by atoms with Crippen molar-refractivity contribution in [1.82, 2.24) is 0 Å². The molecule has 2 aromatic rings. The molecule has 96 valence electrons. The molecule has 0 atom stereocenters. The maximum Gasteiger partial charge on any atom is 0.193 e. The Morgan fingerprint density at radius 1 is 1.05 bits per heavy atom. The van der Waals surface area contributed by atoms with Crippen LogP contribution in [-0.2, 0) is 18.0 Å². The molecule has 3 rings (SSSR count). The summed E-state index contributed by atoms with van der Waals surface area (Å²) in [5.74, 6) is -0.491. The van der Waals surface area contributed by atoms with Crippen LogP contribution in [0.25, 0.3) is 0 Å². The second-order valence-electron chi connectivity index (χ2n) is 4.43. The van der Waals surface area contributed by atoms with Crippen LogP contribution >= 0.6 is 15.9 Å². The summed E-state index contributed by atoms with van der Waals surface area (Å²) >= 11 is 3.09. The molecule has 4 heteroatoms. The molecule has 0 saturated carbocycles. The molecule has 0 bridgehead atoms. The van der Waals surface area contributed by atoms with E-state index < -0.39 is 0 Å². The molecule has 0 saturated heterocycles. The van der Waals surface area contributed by atoms with Crippen molar-refractivity contribution >= 4 is 21.7 Å². The standard InChI is InChI=1S/C15H10BrFO2/c16-13-6-10(3-4-14(13)17)15(18)9-1-2-11-7-19-8-12(11)5-9/h1-6H,7-8H2. The van der Waals surface area contributed by atoms with Crippen molar-refractivity contribution in [1.29, 1.82) is 0 Å². The van der Waals surface area contributed by atoms with Crippen LogP contribution < -0.4 is 0 Å². The molecule has 0 N–H and O–H groups in total. The predicted molar refractivity (Wildman–Crippen MR) is 72.5 cm³/mol. The first-order valence-electron chi connectivity index (χ1n) is 5.84. The maximum absolute atomic E-state index is 13.2. The van der Waals surface area contributed by atoms with Crippen molar-refractivity contribution in [3.05, 3.63) is 68.9 Å². The van der Waals surface area contributed by atoms with Crippen LogP contribution in [0.2, 0.25) is 0 Å². The Hall–Kier alpha value is -1.52. The molecule has 0 fully saturated rings. The van der Waals surface area contributed by atoms with E-state index in [0.717, 1.165) is 11.1 Å². The summed E-state index contributed by atoms with van der Waals surface area (Å²) in [4.78, 5) is 12.3. The number of carbonyl (C=O) groups excluding carboxylic acids is 1. The molecule has 2 aromatic carbocycles. The molecule has 2 nitrogen and oxygen atoms in total. The van der Waals surface area contributed by atoms with Crippen LogP contribution in [-0.4, -0.2) is 5.78 Å². The van der Waals surface area contributed by atoms with Gasteiger partial charge in [-0.15, -0.1) is 0 Å². The first-order valence-corrected chi connectivity index (χ1v) is 6.64. The van der Waals surface area contributed by atoms with Gasteiger partial charge >= 0.3 is 0 Å². The minimum atomic E-state index is -0.376. The van der Waals surface area contributed by atoms with Gasteiger partial charge in [-0.1, -0.05) is 12.1 Å². The second-order valence-corrected chi connectivity index (χ2v) is 5.29. The fraction of sp³-hybridized carbons (Fsp3) is 0.133. The van der Waals surface area contributed by atoms with E-state index in [1.807, 2.05) is 12.1 Å². The fourth-order valence-electron chi connectivity index (χ4n) is 2.12. The van der Waals surface area contributed by atoms with Crippen molar-refractivity contribution in [3.8, 4) is 0 Å². The topological polar surface area (TPSA) is 26.3 Å². The average molecular weight is 321 g/mol. The minimum absolute atomic E-state index is 0.115. The fourth-order valence-corrected chi connectivity index (χ4v) is 2.50. The van der Waals surface area contributed by atoms with Crippen LogP contribution in [0.15, 0.2) is 40.9 Å². The average Bonchev–Trinajstić information content (AvgIpc) is 2.88. The van der Waals surface area contributed by atoms with E-state index in [0.29, 0.717) is 28.8 Å².